The maximum absolute atomic E-state index is 12.5. The number of nitrogens with zero attached hydrogens (tertiary/aromatic N) is 4. The van der Waals surface area contributed by atoms with Crippen molar-refractivity contribution in [2.24, 2.45) is 0 Å². The SMILES string of the molecule is O=C(NCCN1CCN(c2nc3ccc(Cl)cc3s2)CC1)c1ccc(N2C(=O)CCC2=O)cc1. The Morgan fingerprint density at radius 1 is 1.00 bits per heavy atom. The Hall–Kier alpha value is -3.01. The van der Waals surface area contributed by atoms with E-state index < -0.39 is 0 Å². The number of aromatic nitrogens is 1. The van der Waals surface area contributed by atoms with Crippen molar-refractivity contribution in [1.29, 1.82) is 0 Å². The van der Waals surface area contributed by atoms with Crippen LogP contribution in [0.2, 0.25) is 5.02 Å². The lowest BCUT2D eigenvalue weighted by molar-refractivity contribution is -0.121. The largest absolute Gasteiger partial charge is 0.351 e. The quantitative estimate of drug-likeness (QED) is 0.526. The second-order valence-electron chi connectivity index (χ2n) is 8.36. The molecule has 0 radical (unpaired) electrons. The molecule has 176 valence electrons. The van der Waals surface area contributed by atoms with Crippen molar-refractivity contribution in [3.8, 4) is 0 Å². The highest BCUT2D eigenvalue weighted by Crippen LogP contribution is 2.31. The minimum atomic E-state index is -0.199. The Bertz CT molecular complexity index is 1220. The molecule has 2 fully saturated rings. The standard InChI is InChI=1S/C24H24ClN5O3S/c25-17-3-6-19-20(15-17)34-24(27-19)29-13-11-28(12-14-29)10-9-26-23(33)16-1-4-18(5-2-16)30-21(31)7-8-22(30)32/h1-6,15H,7-14H2,(H,26,33). The van der Waals surface area contributed by atoms with Crippen molar-refractivity contribution < 1.29 is 14.4 Å². The van der Waals surface area contributed by atoms with Crippen LogP contribution in [0.3, 0.4) is 0 Å². The molecule has 2 aromatic carbocycles. The Morgan fingerprint density at radius 2 is 1.71 bits per heavy atom. The topological polar surface area (TPSA) is 85.8 Å². The summed E-state index contributed by atoms with van der Waals surface area (Å²) in [7, 11) is 0. The van der Waals surface area contributed by atoms with Gasteiger partial charge in [0.05, 0.1) is 15.9 Å². The van der Waals surface area contributed by atoms with Gasteiger partial charge in [-0.05, 0) is 42.5 Å². The van der Waals surface area contributed by atoms with E-state index in [9.17, 15) is 14.4 Å². The second-order valence-corrected chi connectivity index (χ2v) is 9.81. The van der Waals surface area contributed by atoms with E-state index in [-0.39, 0.29) is 30.6 Å². The van der Waals surface area contributed by atoms with Crippen LogP contribution in [-0.2, 0) is 9.59 Å². The van der Waals surface area contributed by atoms with Crippen LogP contribution in [-0.4, -0.2) is 66.9 Å². The summed E-state index contributed by atoms with van der Waals surface area (Å²) in [4.78, 5) is 46.8. The molecule has 0 saturated carbocycles. The first-order chi connectivity index (χ1) is 16.5. The molecule has 1 N–H and O–H groups in total. The molecule has 0 aliphatic carbocycles. The summed E-state index contributed by atoms with van der Waals surface area (Å²) < 4.78 is 1.10. The van der Waals surface area contributed by atoms with Gasteiger partial charge in [0.15, 0.2) is 5.13 Å². The number of carbonyl (C=O) groups is 3. The van der Waals surface area contributed by atoms with Crippen LogP contribution in [0.4, 0.5) is 10.8 Å². The maximum Gasteiger partial charge on any atom is 0.251 e. The van der Waals surface area contributed by atoms with E-state index in [2.05, 4.69) is 15.1 Å². The first-order valence-electron chi connectivity index (χ1n) is 11.3. The summed E-state index contributed by atoms with van der Waals surface area (Å²) in [5.74, 6) is -0.568. The minimum absolute atomic E-state index is 0.169. The third kappa shape index (κ3) is 4.77. The van der Waals surface area contributed by atoms with Gasteiger partial charge >= 0.3 is 0 Å². The molecule has 0 atom stereocenters. The van der Waals surface area contributed by atoms with Crippen molar-refractivity contribution in [2.75, 3.05) is 49.1 Å². The normalized spacial score (nSPS) is 17.1. The number of thiazole rings is 1. The predicted octanol–water partition coefficient (Wildman–Crippen LogP) is 3.16. The smallest absolute Gasteiger partial charge is 0.251 e. The molecule has 3 heterocycles. The zero-order valence-corrected chi connectivity index (χ0v) is 20.1. The highest BCUT2D eigenvalue weighted by Gasteiger charge is 2.30. The van der Waals surface area contributed by atoms with Gasteiger partial charge in [0.1, 0.15) is 0 Å². The average Bonchev–Trinajstić information content (AvgIpc) is 3.41. The van der Waals surface area contributed by atoms with E-state index in [0.717, 1.165) is 53.1 Å². The molecule has 2 aliphatic rings. The Morgan fingerprint density at radius 3 is 2.41 bits per heavy atom. The monoisotopic (exact) mass is 497 g/mol. The fraction of sp³-hybridized carbons (Fsp3) is 0.333. The molecule has 10 heteroatoms. The molecule has 3 amide bonds. The highest BCUT2D eigenvalue weighted by atomic mass is 35.5. The van der Waals surface area contributed by atoms with Crippen molar-refractivity contribution in [3.63, 3.8) is 0 Å². The number of imide groups is 1. The van der Waals surface area contributed by atoms with Gasteiger partial charge in [-0.2, -0.15) is 0 Å². The first-order valence-corrected chi connectivity index (χ1v) is 12.4. The number of halogens is 1. The molecular weight excluding hydrogens is 474 g/mol. The minimum Gasteiger partial charge on any atom is -0.351 e. The fourth-order valence-corrected chi connectivity index (χ4v) is 5.53. The number of hydrogen-bond donors (Lipinski definition) is 1. The summed E-state index contributed by atoms with van der Waals surface area (Å²) in [6.45, 7) is 4.89. The van der Waals surface area contributed by atoms with Crippen LogP contribution in [0, 0.1) is 0 Å². The van der Waals surface area contributed by atoms with Crippen LogP contribution < -0.4 is 15.1 Å². The highest BCUT2D eigenvalue weighted by molar-refractivity contribution is 7.22. The summed E-state index contributed by atoms with van der Waals surface area (Å²) in [6.07, 6.45) is 0.482. The summed E-state index contributed by atoms with van der Waals surface area (Å²) in [6, 6.07) is 12.4. The molecule has 5 rings (SSSR count). The molecular formula is C24H24ClN5O3S. The molecule has 2 saturated heterocycles. The number of rotatable bonds is 6. The number of piperazine rings is 1. The van der Waals surface area contributed by atoms with E-state index >= 15 is 0 Å². The summed E-state index contributed by atoms with van der Waals surface area (Å²) >= 11 is 7.75. The summed E-state index contributed by atoms with van der Waals surface area (Å²) in [5, 5.41) is 4.70. The zero-order chi connectivity index (χ0) is 23.7. The van der Waals surface area contributed by atoms with Crippen LogP contribution >= 0.6 is 22.9 Å². The molecule has 0 bridgehead atoms. The maximum atomic E-state index is 12.5. The van der Waals surface area contributed by atoms with Crippen molar-refractivity contribution in [2.45, 2.75) is 12.8 Å². The van der Waals surface area contributed by atoms with Gasteiger partial charge in [-0.3, -0.25) is 24.2 Å². The van der Waals surface area contributed by atoms with E-state index in [1.165, 1.54) is 4.90 Å². The number of carbonyl (C=O) groups excluding carboxylic acids is 3. The molecule has 1 aromatic heterocycles. The van der Waals surface area contributed by atoms with Crippen LogP contribution in [0.25, 0.3) is 10.2 Å². The average molecular weight is 498 g/mol. The molecule has 0 spiro atoms. The third-order valence-corrected chi connectivity index (χ3v) is 7.45. The first kappa shape index (κ1) is 22.8. The van der Waals surface area contributed by atoms with Gasteiger partial charge in [-0.15, -0.1) is 0 Å². The van der Waals surface area contributed by atoms with Gasteiger partial charge < -0.3 is 10.2 Å². The molecule has 0 unspecified atom stereocenters. The Balaban J connectivity index is 1.08. The van der Waals surface area contributed by atoms with Gasteiger partial charge in [0, 0.05) is 62.7 Å². The lowest BCUT2D eigenvalue weighted by Crippen LogP contribution is -2.48. The van der Waals surface area contributed by atoms with Gasteiger partial charge in [-0.25, -0.2) is 4.98 Å². The molecule has 3 aromatic rings. The van der Waals surface area contributed by atoms with Crippen molar-refractivity contribution in [1.82, 2.24) is 15.2 Å². The van der Waals surface area contributed by atoms with E-state index in [0.29, 0.717) is 17.8 Å². The molecule has 34 heavy (non-hydrogen) atoms. The van der Waals surface area contributed by atoms with E-state index in [1.54, 1.807) is 35.6 Å². The Labute approximate surface area is 206 Å². The number of nitrogens with one attached hydrogen (secondary N) is 1. The van der Waals surface area contributed by atoms with Crippen molar-refractivity contribution in [3.05, 3.63) is 53.1 Å². The number of fused-ring (bicyclic) bond motifs is 1. The van der Waals surface area contributed by atoms with Crippen molar-refractivity contribution >= 4 is 61.7 Å². The van der Waals surface area contributed by atoms with Gasteiger partial charge in [-0.1, -0.05) is 22.9 Å². The van der Waals surface area contributed by atoms with Crippen LogP contribution in [0.1, 0.15) is 23.2 Å². The van der Waals surface area contributed by atoms with Crippen LogP contribution in [0.5, 0.6) is 0 Å². The third-order valence-electron chi connectivity index (χ3n) is 6.13. The second kappa shape index (κ2) is 9.69. The molecule has 2 aliphatic heterocycles. The summed E-state index contributed by atoms with van der Waals surface area (Å²) in [5.41, 5.74) is 1.99. The zero-order valence-electron chi connectivity index (χ0n) is 18.5. The molecule has 8 nitrogen and oxygen atoms in total. The fourth-order valence-electron chi connectivity index (χ4n) is 4.24. The number of anilines is 2. The number of benzene rings is 2. The van der Waals surface area contributed by atoms with E-state index in [4.69, 9.17) is 16.6 Å². The van der Waals surface area contributed by atoms with Crippen LogP contribution in [0.15, 0.2) is 42.5 Å². The number of amides is 3. The van der Waals surface area contributed by atoms with Gasteiger partial charge in [0.25, 0.3) is 5.91 Å². The lowest BCUT2D eigenvalue weighted by Gasteiger charge is -2.34. The predicted molar refractivity (Wildman–Crippen MR) is 134 cm³/mol. The lowest BCUT2D eigenvalue weighted by atomic mass is 10.2. The number of hydrogen-bond acceptors (Lipinski definition) is 7. The van der Waals surface area contributed by atoms with E-state index in [1.807, 2.05) is 18.2 Å². The van der Waals surface area contributed by atoms with Gasteiger partial charge in [0.2, 0.25) is 11.8 Å². The Kier molecular flexibility index (Phi) is 6.49.